The summed E-state index contributed by atoms with van der Waals surface area (Å²) in [6, 6.07) is 7.56. The topological polar surface area (TPSA) is 123 Å². The fourth-order valence-electron chi connectivity index (χ4n) is 2.27. The summed E-state index contributed by atoms with van der Waals surface area (Å²) in [6.07, 6.45) is 0. The number of hydrogen-bond donors (Lipinski definition) is 3. The number of nitrogens with two attached hydrogens (primary N) is 1. The zero-order valence-corrected chi connectivity index (χ0v) is 16.9. The number of primary sulfonamides is 1. The lowest BCUT2D eigenvalue weighted by Crippen LogP contribution is -2.23. The molecule has 1 unspecified atom stereocenters. The Morgan fingerprint density at radius 3 is 2.62 bits per heavy atom. The number of aryl methyl sites for hydroxylation is 1. The highest BCUT2D eigenvalue weighted by Gasteiger charge is 2.25. The maximum Gasteiger partial charge on any atom is 0.338 e. The molecule has 2 aromatic rings. The maximum absolute atomic E-state index is 14.3. The highest BCUT2D eigenvalue weighted by molar-refractivity contribution is 14.1. The van der Waals surface area contributed by atoms with Crippen LogP contribution in [-0.2, 0) is 25.6 Å². The molecule has 0 saturated heterocycles. The molecule has 0 fully saturated rings. The van der Waals surface area contributed by atoms with Crippen LogP contribution in [0.4, 0.5) is 15.8 Å². The molecule has 12 heteroatoms. The average molecular weight is 510 g/mol. The lowest BCUT2D eigenvalue weighted by atomic mass is 10.1. The van der Waals surface area contributed by atoms with Crippen molar-refractivity contribution >= 4 is 61.1 Å². The molecule has 2 aromatic carbocycles. The van der Waals surface area contributed by atoms with Crippen LogP contribution in [0.3, 0.4) is 0 Å². The lowest BCUT2D eigenvalue weighted by molar-refractivity contribution is 0.385. The van der Waals surface area contributed by atoms with Crippen LogP contribution in [0.5, 0.6) is 0 Å². The third-order valence-corrected chi connectivity index (χ3v) is 5.63. The van der Waals surface area contributed by atoms with Crippen molar-refractivity contribution in [1.29, 1.82) is 0 Å². The predicted molar refractivity (Wildman–Crippen MR) is 104 cm³/mol. The Balaban J connectivity index is 2.14. The van der Waals surface area contributed by atoms with Gasteiger partial charge in [0.25, 0.3) is 0 Å². The summed E-state index contributed by atoms with van der Waals surface area (Å²) in [5.41, 5.74) is 1.90. The van der Waals surface area contributed by atoms with Gasteiger partial charge in [0, 0.05) is 14.8 Å². The number of amidine groups is 1. The molecule has 0 aromatic heterocycles. The van der Waals surface area contributed by atoms with Crippen LogP contribution in [0.1, 0.15) is 11.1 Å². The minimum absolute atomic E-state index is 0.0149. The summed E-state index contributed by atoms with van der Waals surface area (Å²) < 4.78 is 56.9. The summed E-state index contributed by atoms with van der Waals surface area (Å²) in [6.45, 7) is 1.86. The number of anilines is 2. The quantitative estimate of drug-likeness (QED) is 0.544. The highest BCUT2D eigenvalue weighted by Crippen LogP contribution is 2.29. The van der Waals surface area contributed by atoms with Crippen molar-refractivity contribution in [3.63, 3.8) is 0 Å². The van der Waals surface area contributed by atoms with E-state index in [0.29, 0.717) is 5.69 Å². The second kappa shape index (κ2) is 7.09. The molecular weight excluding hydrogens is 498 g/mol. The van der Waals surface area contributed by atoms with E-state index < -0.39 is 32.0 Å². The minimum Gasteiger partial charge on any atom is -0.355 e. The Labute approximate surface area is 165 Å². The monoisotopic (exact) mass is 510 g/mol. The molecule has 4 N–H and O–H groups in total. The molecule has 8 nitrogen and oxygen atoms in total. The van der Waals surface area contributed by atoms with Crippen molar-refractivity contribution in [3.05, 3.63) is 50.8 Å². The van der Waals surface area contributed by atoms with Crippen molar-refractivity contribution in [2.75, 3.05) is 5.32 Å². The van der Waals surface area contributed by atoms with Gasteiger partial charge in [0.05, 0.1) is 5.69 Å². The molecule has 1 aliphatic rings. The molecule has 1 atom stereocenters. The van der Waals surface area contributed by atoms with Crippen molar-refractivity contribution < 1.29 is 21.3 Å². The molecule has 1 aliphatic heterocycles. The van der Waals surface area contributed by atoms with Crippen LogP contribution < -0.4 is 15.2 Å². The summed E-state index contributed by atoms with van der Waals surface area (Å²) in [7, 11) is -4.31. The summed E-state index contributed by atoms with van der Waals surface area (Å²) in [4.78, 5) is -0.709. The van der Waals surface area contributed by atoms with Crippen molar-refractivity contribution in [2.45, 2.75) is 11.8 Å². The fraction of sp³-hybridized carbons (Fsp3) is 0.0714. The molecule has 26 heavy (non-hydrogen) atoms. The smallest absolute Gasteiger partial charge is 0.338 e. The number of hydrogen-bond acceptors (Lipinski definition) is 6. The second-order valence-electron chi connectivity index (χ2n) is 5.31. The molecule has 3 rings (SSSR count). The van der Waals surface area contributed by atoms with E-state index in [1.165, 1.54) is 0 Å². The van der Waals surface area contributed by atoms with Crippen LogP contribution in [0.15, 0.2) is 40.4 Å². The van der Waals surface area contributed by atoms with E-state index >= 15 is 0 Å². The van der Waals surface area contributed by atoms with Crippen LogP contribution in [0.25, 0.3) is 0 Å². The van der Waals surface area contributed by atoms with Gasteiger partial charge >= 0.3 is 11.3 Å². The largest absolute Gasteiger partial charge is 0.355 e. The van der Waals surface area contributed by atoms with Crippen molar-refractivity contribution in [1.82, 2.24) is 4.72 Å². The first kappa shape index (κ1) is 19.0. The van der Waals surface area contributed by atoms with E-state index in [2.05, 4.69) is 42.1 Å². The fourth-order valence-corrected chi connectivity index (χ4v) is 4.02. The van der Waals surface area contributed by atoms with Gasteiger partial charge in [-0.05, 0) is 70.6 Å². The molecule has 0 spiro atoms. The van der Waals surface area contributed by atoms with Gasteiger partial charge in [0.1, 0.15) is 10.7 Å². The number of halogens is 2. The second-order valence-corrected chi connectivity index (χ2v) is 8.91. The number of nitrogens with one attached hydrogen (secondary N) is 2. The molecule has 1 heterocycles. The van der Waals surface area contributed by atoms with Crippen LogP contribution in [-0.4, -0.2) is 18.5 Å². The van der Waals surface area contributed by atoms with E-state index in [-0.39, 0.29) is 17.1 Å². The van der Waals surface area contributed by atoms with Gasteiger partial charge in [-0.25, -0.2) is 17.9 Å². The molecular formula is C14H12FIN4O4S2. The Morgan fingerprint density at radius 2 is 2.04 bits per heavy atom. The predicted octanol–water partition coefficient (Wildman–Crippen LogP) is 1.99. The molecule has 138 valence electrons. The third-order valence-electron chi connectivity index (χ3n) is 3.47. The number of benzene rings is 2. The van der Waals surface area contributed by atoms with E-state index in [4.69, 9.17) is 5.14 Å². The number of rotatable bonds is 4. The van der Waals surface area contributed by atoms with Gasteiger partial charge in [-0.3, -0.25) is 9.01 Å². The highest BCUT2D eigenvalue weighted by atomic mass is 127. The minimum atomic E-state index is -4.31. The zero-order chi connectivity index (χ0) is 19.1. The van der Waals surface area contributed by atoms with E-state index in [1.54, 1.807) is 6.07 Å². The van der Waals surface area contributed by atoms with Gasteiger partial charge in [0.2, 0.25) is 10.0 Å². The summed E-state index contributed by atoms with van der Waals surface area (Å²) in [5.74, 6) is -1.04. The Hall–Kier alpha value is -1.77. The standard InChI is InChI=1S/C14H12FIN4O4S2/c1-7-4-8(16)2-3-11(7)18-12-6-10(15)13(26(17,22)23)5-9(12)14-19-24-25(21)20-14/h2-6,18H,1H3,(H,19,20)(H2,17,22,23). The first-order chi connectivity index (χ1) is 12.1. The van der Waals surface area contributed by atoms with Gasteiger partial charge in [-0.15, -0.1) is 0 Å². The maximum atomic E-state index is 14.3. The van der Waals surface area contributed by atoms with Gasteiger partial charge in [-0.1, -0.05) is 0 Å². The molecule has 0 bridgehead atoms. The van der Waals surface area contributed by atoms with Crippen LogP contribution >= 0.6 is 22.6 Å². The van der Waals surface area contributed by atoms with Crippen molar-refractivity contribution in [2.24, 2.45) is 10.3 Å². The Morgan fingerprint density at radius 1 is 1.31 bits per heavy atom. The van der Waals surface area contributed by atoms with Gasteiger partial charge in [-0.2, -0.15) is 4.21 Å². The van der Waals surface area contributed by atoms with Crippen LogP contribution in [0, 0.1) is 16.3 Å². The van der Waals surface area contributed by atoms with E-state index in [0.717, 1.165) is 21.3 Å². The Kier molecular flexibility index (Phi) is 5.18. The van der Waals surface area contributed by atoms with Gasteiger partial charge < -0.3 is 5.32 Å². The van der Waals surface area contributed by atoms with Crippen molar-refractivity contribution in [3.8, 4) is 0 Å². The lowest BCUT2D eigenvalue weighted by Gasteiger charge is -2.15. The number of oxime groups is 1. The summed E-state index contributed by atoms with van der Waals surface area (Å²) in [5, 5.41) is 11.7. The Bertz CT molecular complexity index is 1060. The average Bonchev–Trinajstić information content (AvgIpc) is 2.95. The molecule has 0 saturated carbocycles. The molecule has 0 amide bonds. The van der Waals surface area contributed by atoms with Crippen LogP contribution in [0.2, 0.25) is 0 Å². The zero-order valence-electron chi connectivity index (χ0n) is 13.1. The number of sulfonamides is 1. The normalized spacial score (nSPS) is 16.6. The molecule has 0 radical (unpaired) electrons. The molecule has 0 aliphatic carbocycles. The first-order valence-electron chi connectivity index (χ1n) is 6.99. The third kappa shape index (κ3) is 3.97. The van der Waals surface area contributed by atoms with E-state index in [1.807, 2.05) is 19.1 Å². The SMILES string of the molecule is Cc1cc(I)ccc1Nc1cc(F)c(S(N)(=O)=O)cc1C1=NOS(=O)N1. The van der Waals surface area contributed by atoms with E-state index in [9.17, 15) is 17.0 Å². The summed E-state index contributed by atoms with van der Waals surface area (Å²) >= 11 is 0.258. The first-order valence-corrected chi connectivity index (χ1v) is 10.7. The number of nitrogens with zero attached hydrogens (tertiary/aromatic N) is 1. The van der Waals surface area contributed by atoms with Gasteiger partial charge in [0.15, 0.2) is 5.84 Å².